The van der Waals surface area contributed by atoms with E-state index in [2.05, 4.69) is 15.5 Å². The molecule has 1 N–H and O–H groups in total. The first-order chi connectivity index (χ1) is 14.5. The van der Waals surface area contributed by atoms with E-state index in [9.17, 15) is 9.18 Å². The molecule has 0 saturated heterocycles. The van der Waals surface area contributed by atoms with Gasteiger partial charge in [0.1, 0.15) is 11.6 Å². The third kappa shape index (κ3) is 6.38. The van der Waals surface area contributed by atoms with E-state index >= 15 is 0 Å². The minimum absolute atomic E-state index is 0.180. The fourth-order valence-corrected chi connectivity index (χ4v) is 4.80. The van der Waals surface area contributed by atoms with Crippen molar-refractivity contribution in [3.05, 3.63) is 69.7 Å². The summed E-state index contributed by atoms with van der Waals surface area (Å²) in [5.41, 5.74) is 1.57. The van der Waals surface area contributed by atoms with Crippen molar-refractivity contribution in [1.82, 2.24) is 14.8 Å². The Labute approximate surface area is 192 Å². The van der Waals surface area contributed by atoms with E-state index in [0.717, 1.165) is 17.1 Å². The van der Waals surface area contributed by atoms with Gasteiger partial charge in [-0.05, 0) is 42.8 Å². The van der Waals surface area contributed by atoms with E-state index in [0.29, 0.717) is 33.2 Å². The third-order valence-electron chi connectivity index (χ3n) is 4.06. The summed E-state index contributed by atoms with van der Waals surface area (Å²) in [6.07, 6.45) is 0. The SMILES string of the molecule is CCn1c(CSCc2ccc(F)cc2)nnc1SCC(=O)Nc1ccc(Cl)cc1Cl. The molecule has 2 aromatic carbocycles. The summed E-state index contributed by atoms with van der Waals surface area (Å²) >= 11 is 15.0. The van der Waals surface area contributed by atoms with Gasteiger partial charge in [-0.2, -0.15) is 0 Å². The molecule has 0 atom stereocenters. The van der Waals surface area contributed by atoms with Crippen molar-refractivity contribution in [1.29, 1.82) is 0 Å². The van der Waals surface area contributed by atoms with Crippen LogP contribution in [0, 0.1) is 5.82 Å². The predicted molar refractivity (Wildman–Crippen MR) is 123 cm³/mol. The Bertz CT molecular complexity index is 1010. The molecule has 0 aliphatic rings. The molecule has 0 unspecified atom stereocenters. The molecule has 0 bridgehead atoms. The van der Waals surface area contributed by atoms with Crippen LogP contribution >= 0.6 is 46.7 Å². The lowest BCUT2D eigenvalue weighted by atomic mass is 10.2. The van der Waals surface area contributed by atoms with Crippen LogP contribution in [-0.2, 0) is 22.8 Å². The lowest BCUT2D eigenvalue weighted by Gasteiger charge is -2.09. The maximum atomic E-state index is 13.0. The number of thioether (sulfide) groups is 2. The average Bonchev–Trinajstić information content (AvgIpc) is 3.12. The van der Waals surface area contributed by atoms with Crippen LogP contribution in [0.4, 0.5) is 10.1 Å². The average molecular weight is 485 g/mol. The van der Waals surface area contributed by atoms with E-state index in [4.69, 9.17) is 23.2 Å². The van der Waals surface area contributed by atoms with Crippen LogP contribution in [0.15, 0.2) is 47.6 Å². The van der Waals surface area contributed by atoms with Crippen molar-refractivity contribution in [2.75, 3.05) is 11.1 Å². The molecular formula is C20H19Cl2FN4OS2. The van der Waals surface area contributed by atoms with Crippen LogP contribution in [0.1, 0.15) is 18.3 Å². The highest BCUT2D eigenvalue weighted by Gasteiger charge is 2.14. The molecule has 1 heterocycles. The summed E-state index contributed by atoms with van der Waals surface area (Å²) in [7, 11) is 0. The maximum Gasteiger partial charge on any atom is 0.234 e. The molecular weight excluding hydrogens is 466 g/mol. The molecule has 30 heavy (non-hydrogen) atoms. The number of anilines is 1. The first-order valence-electron chi connectivity index (χ1n) is 9.08. The highest BCUT2D eigenvalue weighted by Crippen LogP contribution is 2.26. The van der Waals surface area contributed by atoms with E-state index in [1.807, 2.05) is 11.5 Å². The molecule has 1 amide bonds. The second kappa shape index (κ2) is 11.0. The molecule has 0 saturated carbocycles. The highest BCUT2D eigenvalue weighted by molar-refractivity contribution is 7.99. The molecule has 1 aromatic heterocycles. The van der Waals surface area contributed by atoms with Gasteiger partial charge >= 0.3 is 0 Å². The summed E-state index contributed by atoms with van der Waals surface area (Å²) in [5.74, 6) is 2.02. The van der Waals surface area contributed by atoms with Gasteiger partial charge in [-0.3, -0.25) is 4.79 Å². The zero-order valence-electron chi connectivity index (χ0n) is 16.1. The lowest BCUT2D eigenvalue weighted by Crippen LogP contribution is -2.15. The van der Waals surface area contributed by atoms with Gasteiger partial charge in [0.2, 0.25) is 5.91 Å². The normalized spacial score (nSPS) is 10.9. The van der Waals surface area contributed by atoms with Crippen molar-refractivity contribution < 1.29 is 9.18 Å². The van der Waals surface area contributed by atoms with Gasteiger partial charge in [0.15, 0.2) is 5.16 Å². The first-order valence-corrected chi connectivity index (χ1v) is 12.0. The van der Waals surface area contributed by atoms with Gasteiger partial charge in [0.25, 0.3) is 0 Å². The number of benzene rings is 2. The fraction of sp³-hybridized carbons (Fsp3) is 0.250. The molecule has 158 valence electrons. The number of halogens is 3. The molecule has 10 heteroatoms. The van der Waals surface area contributed by atoms with Crippen molar-refractivity contribution in [3.8, 4) is 0 Å². The van der Waals surface area contributed by atoms with E-state index in [1.165, 1.54) is 23.9 Å². The Balaban J connectivity index is 1.53. The maximum absolute atomic E-state index is 13.0. The number of amides is 1. The number of carbonyl (C=O) groups excluding carboxylic acids is 1. The fourth-order valence-electron chi connectivity index (χ4n) is 2.60. The number of nitrogens with zero attached hydrogens (tertiary/aromatic N) is 3. The molecule has 3 aromatic rings. The van der Waals surface area contributed by atoms with Gasteiger partial charge in [0, 0.05) is 17.3 Å². The Hall–Kier alpha value is -1.74. The van der Waals surface area contributed by atoms with Gasteiger partial charge in [-0.1, -0.05) is 47.1 Å². The minimum Gasteiger partial charge on any atom is -0.324 e. The second-order valence-electron chi connectivity index (χ2n) is 6.22. The van der Waals surface area contributed by atoms with Crippen molar-refractivity contribution in [2.24, 2.45) is 0 Å². The summed E-state index contributed by atoms with van der Waals surface area (Å²) < 4.78 is 15.0. The number of hydrogen-bond acceptors (Lipinski definition) is 5. The van der Waals surface area contributed by atoms with Gasteiger partial charge < -0.3 is 9.88 Å². The number of hydrogen-bond donors (Lipinski definition) is 1. The second-order valence-corrected chi connectivity index (χ2v) is 9.00. The molecule has 3 rings (SSSR count). The van der Waals surface area contributed by atoms with Crippen LogP contribution in [0.5, 0.6) is 0 Å². The van der Waals surface area contributed by atoms with Gasteiger partial charge in [-0.25, -0.2) is 4.39 Å². The molecule has 0 aliphatic heterocycles. The topological polar surface area (TPSA) is 59.8 Å². The minimum atomic E-state index is -0.237. The van der Waals surface area contributed by atoms with Crippen LogP contribution in [-0.4, -0.2) is 26.4 Å². The Kier molecular flexibility index (Phi) is 8.44. The Morgan fingerprint density at radius 1 is 1.13 bits per heavy atom. The summed E-state index contributed by atoms with van der Waals surface area (Å²) in [6.45, 7) is 2.71. The zero-order valence-corrected chi connectivity index (χ0v) is 19.2. The standard InChI is InChI=1S/C20H19Cl2FN4OS2/c1-2-27-18(11-29-10-13-3-6-15(23)7-4-13)25-26-20(27)30-12-19(28)24-17-8-5-14(21)9-16(17)22/h3-9H,2,10-12H2,1H3,(H,24,28). The quantitative estimate of drug-likeness (QED) is 0.382. The molecule has 0 aliphatic carbocycles. The summed E-state index contributed by atoms with van der Waals surface area (Å²) in [4.78, 5) is 12.3. The highest BCUT2D eigenvalue weighted by atomic mass is 35.5. The number of rotatable bonds is 9. The number of carbonyl (C=O) groups is 1. The smallest absolute Gasteiger partial charge is 0.234 e. The van der Waals surface area contributed by atoms with Crippen LogP contribution in [0.3, 0.4) is 0 Å². The monoisotopic (exact) mass is 484 g/mol. The van der Waals surface area contributed by atoms with E-state index < -0.39 is 0 Å². The van der Waals surface area contributed by atoms with Crippen LogP contribution < -0.4 is 5.32 Å². The van der Waals surface area contributed by atoms with Crippen LogP contribution in [0.2, 0.25) is 10.0 Å². The lowest BCUT2D eigenvalue weighted by molar-refractivity contribution is -0.113. The number of aromatic nitrogens is 3. The zero-order chi connectivity index (χ0) is 21.5. The van der Waals surface area contributed by atoms with Crippen LogP contribution in [0.25, 0.3) is 0 Å². The van der Waals surface area contributed by atoms with Gasteiger partial charge in [0.05, 0.1) is 22.2 Å². The van der Waals surface area contributed by atoms with E-state index in [1.54, 1.807) is 42.1 Å². The first kappa shape index (κ1) is 22.9. The predicted octanol–water partition coefficient (Wildman–Crippen LogP) is 5.91. The number of nitrogens with one attached hydrogen (secondary N) is 1. The largest absolute Gasteiger partial charge is 0.324 e. The third-order valence-corrected chi connectivity index (χ3v) is 6.57. The Morgan fingerprint density at radius 2 is 1.90 bits per heavy atom. The molecule has 0 radical (unpaired) electrons. The van der Waals surface area contributed by atoms with Crippen molar-refractivity contribution in [2.45, 2.75) is 30.1 Å². The Morgan fingerprint density at radius 3 is 2.60 bits per heavy atom. The molecule has 5 nitrogen and oxygen atoms in total. The van der Waals surface area contributed by atoms with Gasteiger partial charge in [-0.15, -0.1) is 22.0 Å². The van der Waals surface area contributed by atoms with Crippen molar-refractivity contribution >= 4 is 58.3 Å². The van der Waals surface area contributed by atoms with E-state index in [-0.39, 0.29) is 17.5 Å². The molecule has 0 fully saturated rings. The summed E-state index contributed by atoms with van der Waals surface area (Å²) in [6, 6.07) is 11.4. The molecule has 0 spiro atoms. The summed E-state index contributed by atoms with van der Waals surface area (Å²) in [5, 5.41) is 12.8. The van der Waals surface area contributed by atoms with Crippen molar-refractivity contribution in [3.63, 3.8) is 0 Å².